The highest BCUT2D eigenvalue weighted by atomic mass is 16.5. The maximum Gasteiger partial charge on any atom is 0.223 e. The van der Waals surface area contributed by atoms with E-state index in [1.807, 2.05) is 36.4 Å². The first-order chi connectivity index (χ1) is 14.5. The monoisotopic (exact) mass is 408 g/mol. The van der Waals surface area contributed by atoms with Crippen molar-refractivity contribution in [2.75, 3.05) is 25.1 Å². The zero-order chi connectivity index (χ0) is 21.1. The van der Waals surface area contributed by atoms with Gasteiger partial charge in [-0.1, -0.05) is 26.0 Å². The second kappa shape index (κ2) is 8.69. The third kappa shape index (κ3) is 4.22. The second-order valence-electron chi connectivity index (χ2n) is 8.09. The molecule has 3 aromatic rings. The van der Waals surface area contributed by atoms with Crippen molar-refractivity contribution in [1.29, 1.82) is 0 Å². The molecule has 1 aromatic carbocycles. The minimum Gasteiger partial charge on any atom is -0.497 e. The van der Waals surface area contributed by atoms with Crippen molar-refractivity contribution in [1.82, 2.24) is 25.1 Å². The molecule has 8 nitrogen and oxygen atoms in total. The van der Waals surface area contributed by atoms with Gasteiger partial charge < -0.3 is 15.0 Å². The molecule has 1 amide bonds. The van der Waals surface area contributed by atoms with Crippen LogP contribution in [0, 0.1) is 11.8 Å². The quantitative estimate of drug-likeness (QED) is 0.675. The van der Waals surface area contributed by atoms with E-state index >= 15 is 0 Å². The van der Waals surface area contributed by atoms with Gasteiger partial charge >= 0.3 is 0 Å². The molecule has 3 heterocycles. The van der Waals surface area contributed by atoms with E-state index in [0.717, 1.165) is 48.7 Å². The fourth-order valence-electron chi connectivity index (χ4n) is 3.98. The Bertz CT molecular complexity index is 992. The Labute approximate surface area is 176 Å². The number of anilines is 1. The van der Waals surface area contributed by atoms with E-state index in [4.69, 9.17) is 4.74 Å². The molecule has 1 saturated heterocycles. The zero-order valence-electron chi connectivity index (χ0n) is 17.7. The smallest absolute Gasteiger partial charge is 0.223 e. The molecule has 0 radical (unpaired) electrons. The lowest BCUT2D eigenvalue weighted by atomic mass is 9.92. The van der Waals surface area contributed by atoms with E-state index in [1.54, 1.807) is 18.0 Å². The number of carbonyl (C=O) groups excluding carboxylic acids is 1. The predicted octanol–water partition coefficient (Wildman–Crippen LogP) is 2.86. The van der Waals surface area contributed by atoms with Gasteiger partial charge in [-0.15, -0.1) is 15.3 Å². The summed E-state index contributed by atoms with van der Waals surface area (Å²) in [7, 11) is 1.66. The van der Waals surface area contributed by atoms with E-state index < -0.39 is 0 Å². The fourth-order valence-corrected chi connectivity index (χ4v) is 3.98. The molecule has 1 aliphatic rings. The number of rotatable bonds is 6. The van der Waals surface area contributed by atoms with Crippen molar-refractivity contribution in [2.45, 2.75) is 32.7 Å². The number of benzene rings is 1. The molecule has 30 heavy (non-hydrogen) atoms. The van der Waals surface area contributed by atoms with Crippen molar-refractivity contribution >= 4 is 17.4 Å². The summed E-state index contributed by atoms with van der Waals surface area (Å²) in [6, 6.07) is 11.8. The van der Waals surface area contributed by atoms with Crippen LogP contribution in [0.5, 0.6) is 5.75 Å². The molecular formula is C22H28N6O2. The van der Waals surface area contributed by atoms with Crippen molar-refractivity contribution in [3.8, 4) is 5.75 Å². The van der Waals surface area contributed by atoms with Gasteiger partial charge in [0.25, 0.3) is 0 Å². The molecule has 1 N–H and O–H groups in total. The normalized spacial score (nSPS) is 16.1. The lowest BCUT2D eigenvalue weighted by Gasteiger charge is -2.33. The first-order valence-electron chi connectivity index (χ1n) is 10.4. The van der Waals surface area contributed by atoms with Crippen molar-refractivity contribution in [3.63, 3.8) is 0 Å². The number of hydrogen-bond donors (Lipinski definition) is 1. The number of hydrogen-bond acceptors (Lipinski definition) is 6. The van der Waals surface area contributed by atoms with Gasteiger partial charge in [0.2, 0.25) is 5.91 Å². The summed E-state index contributed by atoms with van der Waals surface area (Å²) in [6.07, 6.45) is 3.21. The summed E-state index contributed by atoms with van der Waals surface area (Å²) in [6.45, 7) is 5.86. The van der Waals surface area contributed by atoms with E-state index in [-0.39, 0.29) is 17.9 Å². The van der Waals surface area contributed by atoms with Crippen LogP contribution in [0.3, 0.4) is 0 Å². The number of fused-ring (bicyclic) bond motifs is 1. The Hall–Kier alpha value is -3.16. The van der Waals surface area contributed by atoms with Crippen LogP contribution in [0.1, 0.15) is 38.3 Å². The number of carbonyl (C=O) groups is 1. The first kappa shape index (κ1) is 20.1. The van der Waals surface area contributed by atoms with Crippen LogP contribution >= 0.6 is 0 Å². The number of nitrogens with one attached hydrogen (secondary N) is 1. The Morgan fingerprint density at radius 1 is 1.13 bits per heavy atom. The van der Waals surface area contributed by atoms with Gasteiger partial charge in [-0.05, 0) is 48.6 Å². The average Bonchev–Trinajstić information content (AvgIpc) is 3.25. The molecule has 1 aliphatic heterocycles. The third-order valence-corrected chi connectivity index (χ3v) is 5.78. The predicted molar refractivity (Wildman–Crippen MR) is 114 cm³/mol. The van der Waals surface area contributed by atoms with E-state index in [1.165, 1.54) is 0 Å². The molecule has 1 fully saturated rings. The van der Waals surface area contributed by atoms with Crippen LogP contribution in [0.25, 0.3) is 5.65 Å². The molecule has 1 atom stereocenters. The summed E-state index contributed by atoms with van der Waals surface area (Å²) in [5, 5.41) is 15.7. The van der Waals surface area contributed by atoms with Crippen LogP contribution in [-0.2, 0) is 4.79 Å². The highest BCUT2D eigenvalue weighted by Crippen LogP contribution is 2.27. The van der Waals surface area contributed by atoms with Crippen LogP contribution in [0.15, 0.2) is 42.7 Å². The van der Waals surface area contributed by atoms with Gasteiger partial charge in [0.05, 0.1) is 13.2 Å². The maximum absolute atomic E-state index is 13.0. The minimum absolute atomic E-state index is 0.0133. The Morgan fingerprint density at radius 3 is 2.53 bits per heavy atom. The van der Waals surface area contributed by atoms with Crippen molar-refractivity contribution < 1.29 is 9.53 Å². The average molecular weight is 409 g/mol. The highest BCUT2D eigenvalue weighted by molar-refractivity contribution is 5.79. The lowest BCUT2D eigenvalue weighted by Crippen LogP contribution is -2.42. The number of nitrogens with zero attached hydrogens (tertiary/aromatic N) is 5. The number of ether oxygens (including phenoxy) is 1. The Balaban J connectivity index is 1.37. The summed E-state index contributed by atoms with van der Waals surface area (Å²) in [5.41, 5.74) is 1.83. The van der Waals surface area contributed by atoms with Gasteiger partial charge in [0, 0.05) is 19.0 Å². The van der Waals surface area contributed by atoms with Gasteiger partial charge in [-0.25, -0.2) is 0 Å². The van der Waals surface area contributed by atoms with Gasteiger partial charge in [-0.2, -0.15) is 4.52 Å². The number of piperidine rings is 1. The number of aromatic nitrogens is 4. The van der Waals surface area contributed by atoms with Crippen molar-refractivity contribution in [2.24, 2.45) is 11.8 Å². The van der Waals surface area contributed by atoms with Crippen LogP contribution in [0.2, 0.25) is 0 Å². The SMILES string of the molecule is COc1ccc(C(NC(=O)C2CCN(c3ccc4nncn4n3)CC2)C(C)C)cc1. The number of methoxy groups -OCH3 is 1. The second-order valence-corrected chi connectivity index (χ2v) is 8.09. The molecular weight excluding hydrogens is 380 g/mol. The standard InChI is InChI=1S/C22H28N6O2/c1-15(2)21(16-4-6-18(30-3)7-5-16)24-22(29)17-10-12-27(13-11-17)20-9-8-19-25-23-14-28(19)26-20/h4-9,14-15,17,21H,10-13H2,1-3H3,(H,24,29). The van der Waals surface area contributed by atoms with Crippen LogP contribution < -0.4 is 15.0 Å². The lowest BCUT2D eigenvalue weighted by molar-refractivity contribution is -0.126. The van der Waals surface area contributed by atoms with Gasteiger partial charge in [-0.3, -0.25) is 4.79 Å². The molecule has 0 saturated carbocycles. The largest absolute Gasteiger partial charge is 0.497 e. The molecule has 0 bridgehead atoms. The summed E-state index contributed by atoms with van der Waals surface area (Å²) >= 11 is 0. The summed E-state index contributed by atoms with van der Waals surface area (Å²) < 4.78 is 6.92. The van der Waals surface area contributed by atoms with Gasteiger partial charge in [0.1, 0.15) is 17.9 Å². The van der Waals surface area contributed by atoms with Crippen LogP contribution in [-0.4, -0.2) is 45.9 Å². The topological polar surface area (TPSA) is 84.6 Å². The van der Waals surface area contributed by atoms with Crippen LogP contribution in [0.4, 0.5) is 5.82 Å². The molecule has 8 heteroatoms. The molecule has 158 valence electrons. The van der Waals surface area contributed by atoms with E-state index in [0.29, 0.717) is 5.92 Å². The van der Waals surface area contributed by atoms with E-state index in [2.05, 4.69) is 39.4 Å². The fraction of sp³-hybridized carbons (Fsp3) is 0.455. The summed E-state index contributed by atoms with van der Waals surface area (Å²) in [4.78, 5) is 15.2. The van der Waals surface area contributed by atoms with E-state index in [9.17, 15) is 4.79 Å². The Kier molecular flexibility index (Phi) is 5.83. The highest BCUT2D eigenvalue weighted by Gasteiger charge is 2.28. The molecule has 1 unspecified atom stereocenters. The zero-order valence-corrected chi connectivity index (χ0v) is 17.7. The first-order valence-corrected chi connectivity index (χ1v) is 10.4. The van der Waals surface area contributed by atoms with Crippen molar-refractivity contribution in [3.05, 3.63) is 48.3 Å². The third-order valence-electron chi connectivity index (χ3n) is 5.78. The molecule has 0 aliphatic carbocycles. The maximum atomic E-state index is 13.0. The van der Waals surface area contributed by atoms with Gasteiger partial charge in [0.15, 0.2) is 5.65 Å². The summed E-state index contributed by atoms with van der Waals surface area (Å²) in [5.74, 6) is 2.14. The number of amides is 1. The molecule has 2 aromatic heterocycles. The minimum atomic E-state index is -0.0146. The molecule has 0 spiro atoms. The molecule has 4 rings (SSSR count). The Morgan fingerprint density at radius 2 is 1.87 bits per heavy atom.